The largest absolute Gasteiger partial charge is 0.416 e. The molecule has 0 spiro atoms. The molecule has 0 bridgehead atoms. The highest BCUT2D eigenvalue weighted by molar-refractivity contribution is 5.94. The van der Waals surface area contributed by atoms with Crippen molar-refractivity contribution < 1.29 is 22.8 Å². The molecule has 0 heterocycles. The molecule has 144 valence electrons. The summed E-state index contributed by atoms with van der Waals surface area (Å²) in [5, 5.41) is 2.68. The Morgan fingerprint density at radius 1 is 1.08 bits per heavy atom. The number of hydrogen-bond acceptors (Lipinski definition) is 2. The van der Waals surface area contributed by atoms with E-state index >= 15 is 0 Å². The van der Waals surface area contributed by atoms with E-state index in [0.717, 1.165) is 49.9 Å². The first-order valence-electron chi connectivity index (χ1n) is 9.01. The van der Waals surface area contributed by atoms with E-state index in [-0.39, 0.29) is 24.1 Å². The van der Waals surface area contributed by atoms with Gasteiger partial charge in [0.05, 0.1) is 5.56 Å². The average molecular weight is 370 g/mol. The van der Waals surface area contributed by atoms with Crippen LogP contribution in [0.5, 0.6) is 0 Å². The van der Waals surface area contributed by atoms with Gasteiger partial charge in [0.15, 0.2) is 0 Å². The lowest BCUT2D eigenvalue weighted by atomic mass is 10.1. The van der Waals surface area contributed by atoms with Crippen LogP contribution in [0.3, 0.4) is 0 Å². The van der Waals surface area contributed by atoms with Crippen LogP contribution in [0, 0.1) is 0 Å². The number of halogens is 3. The summed E-state index contributed by atoms with van der Waals surface area (Å²) in [7, 11) is 0. The van der Waals surface area contributed by atoms with Crippen molar-refractivity contribution in [3.63, 3.8) is 0 Å². The van der Waals surface area contributed by atoms with Crippen molar-refractivity contribution in [3.8, 4) is 0 Å². The monoisotopic (exact) mass is 370 g/mol. The molecule has 2 rings (SSSR count). The first kappa shape index (κ1) is 20.3. The van der Waals surface area contributed by atoms with Crippen molar-refractivity contribution in [2.75, 3.05) is 13.1 Å². The van der Waals surface area contributed by atoms with Crippen LogP contribution < -0.4 is 5.32 Å². The first-order chi connectivity index (χ1) is 12.3. The van der Waals surface area contributed by atoms with Crippen LogP contribution in [0.1, 0.15) is 61.4 Å². The van der Waals surface area contributed by atoms with E-state index in [4.69, 9.17) is 0 Å². The van der Waals surface area contributed by atoms with Gasteiger partial charge in [-0.1, -0.05) is 25.7 Å². The first-order valence-corrected chi connectivity index (χ1v) is 9.01. The molecule has 4 nitrogen and oxygen atoms in total. The number of hydrogen-bond donors (Lipinski definition) is 1. The van der Waals surface area contributed by atoms with Gasteiger partial charge in [-0.25, -0.2) is 0 Å². The number of nitrogens with one attached hydrogen (secondary N) is 1. The van der Waals surface area contributed by atoms with E-state index < -0.39 is 17.6 Å². The Kier molecular flexibility index (Phi) is 7.06. The molecule has 2 amide bonds. The molecule has 1 aromatic carbocycles. The van der Waals surface area contributed by atoms with E-state index in [1.807, 2.05) is 0 Å². The molecular weight excluding hydrogens is 345 g/mol. The summed E-state index contributed by atoms with van der Waals surface area (Å²) in [5.74, 6) is -0.455. The predicted octanol–water partition coefficient (Wildman–Crippen LogP) is 4.01. The SMILES string of the molecule is CC(=O)N(CCNC(=O)c1ccc(C(F)(F)F)cc1)C1CCCCCC1. The predicted molar refractivity (Wildman–Crippen MR) is 92.7 cm³/mol. The molecule has 0 aromatic heterocycles. The number of benzene rings is 1. The molecule has 1 fully saturated rings. The second kappa shape index (κ2) is 9.05. The van der Waals surface area contributed by atoms with Crippen LogP contribution in [0.4, 0.5) is 13.2 Å². The quantitative estimate of drug-likeness (QED) is 0.797. The van der Waals surface area contributed by atoms with E-state index in [2.05, 4.69) is 5.32 Å². The van der Waals surface area contributed by atoms with Crippen molar-refractivity contribution in [2.45, 2.75) is 57.7 Å². The molecular formula is C19H25F3N2O2. The fourth-order valence-electron chi connectivity index (χ4n) is 3.37. The summed E-state index contributed by atoms with van der Waals surface area (Å²) >= 11 is 0. The summed E-state index contributed by atoms with van der Waals surface area (Å²) in [4.78, 5) is 25.8. The molecule has 1 aliphatic carbocycles. The Morgan fingerprint density at radius 3 is 2.15 bits per heavy atom. The maximum absolute atomic E-state index is 12.6. The van der Waals surface area contributed by atoms with Crippen molar-refractivity contribution >= 4 is 11.8 Å². The molecule has 0 unspecified atom stereocenters. The Hall–Kier alpha value is -2.05. The smallest absolute Gasteiger partial charge is 0.350 e. The van der Waals surface area contributed by atoms with E-state index in [1.54, 1.807) is 4.90 Å². The van der Waals surface area contributed by atoms with Gasteiger partial charge >= 0.3 is 6.18 Å². The number of rotatable bonds is 5. The molecule has 7 heteroatoms. The number of nitrogens with zero attached hydrogens (tertiary/aromatic N) is 1. The minimum Gasteiger partial charge on any atom is -0.350 e. The Bertz CT molecular complexity index is 606. The molecule has 0 radical (unpaired) electrons. The van der Waals surface area contributed by atoms with Gasteiger partial charge in [0, 0.05) is 31.6 Å². The van der Waals surface area contributed by atoms with Gasteiger partial charge in [0.2, 0.25) is 5.91 Å². The second-order valence-electron chi connectivity index (χ2n) is 6.69. The number of carbonyl (C=O) groups is 2. The van der Waals surface area contributed by atoms with Crippen LogP contribution in [0.15, 0.2) is 24.3 Å². The minimum atomic E-state index is -4.42. The van der Waals surface area contributed by atoms with Gasteiger partial charge in [-0.05, 0) is 37.1 Å². The van der Waals surface area contributed by atoms with E-state index in [0.29, 0.717) is 6.54 Å². The molecule has 1 N–H and O–H groups in total. The average Bonchev–Trinajstić information content (AvgIpc) is 2.86. The summed E-state index contributed by atoms with van der Waals surface area (Å²) in [6, 6.07) is 4.31. The molecule has 0 atom stereocenters. The van der Waals surface area contributed by atoms with Crippen molar-refractivity contribution in [1.82, 2.24) is 10.2 Å². The topological polar surface area (TPSA) is 49.4 Å². The van der Waals surface area contributed by atoms with Crippen molar-refractivity contribution in [3.05, 3.63) is 35.4 Å². The number of carbonyl (C=O) groups excluding carboxylic acids is 2. The number of alkyl halides is 3. The van der Waals surface area contributed by atoms with E-state index in [9.17, 15) is 22.8 Å². The fraction of sp³-hybridized carbons (Fsp3) is 0.579. The highest BCUT2D eigenvalue weighted by Gasteiger charge is 2.30. The standard InChI is InChI=1S/C19H25F3N2O2/c1-14(25)24(17-6-4-2-3-5-7-17)13-12-23-18(26)15-8-10-16(11-9-15)19(20,21)22/h8-11,17H,2-7,12-13H2,1H3,(H,23,26). The lowest BCUT2D eigenvalue weighted by Gasteiger charge is -2.30. The van der Waals surface area contributed by atoms with Crippen molar-refractivity contribution in [1.29, 1.82) is 0 Å². The highest BCUT2D eigenvalue weighted by atomic mass is 19.4. The van der Waals surface area contributed by atoms with Gasteiger partial charge in [-0.3, -0.25) is 9.59 Å². The van der Waals surface area contributed by atoms with Crippen molar-refractivity contribution in [2.24, 2.45) is 0 Å². The molecule has 1 aromatic rings. The normalized spacial score (nSPS) is 16.0. The highest BCUT2D eigenvalue weighted by Crippen LogP contribution is 2.29. The lowest BCUT2D eigenvalue weighted by Crippen LogP contribution is -2.43. The van der Waals surface area contributed by atoms with Gasteiger partial charge in [-0.15, -0.1) is 0 Å². The van der Waals surface area contributed by atoms with Crippen LogP contribution in [-0.2, 0) is 11.0 Å². The zero-order valence-corrected chi connectivity index (χ0v) is 14.9. The van der Waals surface area contributed by atoms with Gasteiger partial charge < -0.3 is 10.2 Å². The molecule has 0 aliphatic heterocycles. The summed E-state index contributed by atoms with van der Waals surface area (Å²) in [6.45, 7) is 2.21. The zero-order valence-electron chi connectivity index (χ0n) is 14.9. The minimum absolute atomic E-state index is 0.0133. The fourth-order valence-corrected chi connectivity index (χ4v) is 3.37. The summed E-state index contributed by atoms with van der Waals surface area (Å²) < 4.78 is 37.7. The molecule has 1 saturated carbocycles. The maximum atomic E-state index is 12.6. The lowest BCUT2D eigenvalue weighted by molar-refractivity contribution is -0.137. The molecule has 1 aliphatic rings. The third kappa shape index (κ3) is 5.75. The third-order valence-corrected chi connectivity index (χ3v) is 4.78. The maximum Gasteiger partial charge on any atom is 0.416 e. The summed E-state index contributed by atoms with van der Waals surface area (Å²) in [6.07, 6.45) is 2.12. The second-order valence-corrected chi connectivity index (χ2v) is 6.69. The Morgan fingerprint density at radius 2 is 1.65 bits per heavy atom. The van der Waals surface area contributed by atoms with Gasteiger partial charge in [0.25, 0.3) is 5.91 Å². The van der Waals surface area contributed by atoms with Crippen LogP contribution in [-0.4, -0.2) is 35.8 Å². The third-order valence-electron chi connectivity index (χ3n) is 4.78. The van der Waals surface area contributed by atoms with Crippen LogP contribution in [0.2, 0.25) is 0 Å². The zero-order chi connectivity index (χ0) is 19.2. The van der Waals surface area contributed by atoms with Gasteiger partial charge in [-0.2, -0.15) is 13.2 Å². The Labute approximate surface area is 151 Å². The molecule has 26 heavy (non-hydrogen) atoms. The van der Waals surface area contributed by atoms with Gasteiger partial charge in [0.1, 0.15) is 0 Å². The van der Waals surface area contributed by atoms with Crippen LogP contribution >= 0.6 is 0 Å². The van der Waals surface area contributed by atoms with E-state index in [1.165, 1.54) is 19.8 Å². The Balaban J connectivity index is 1.88. The number of amides is 2. The molecule has 0 saturated heterocycles. The summed E-state index contributed by atoms with van der Waals surface area (Å²) in [5.41, 5.74) is -0.619. The van der Waals surface area contributed by atoms with Crippen LogP contribution in [0.25, 0.3) is 0 Å².